The van der Waals surface area contributed by atoms with Crippen molar-refractivity contribution < 1.29 is 19.1 Å². The number of esters is 2. The summed E-state index contributed by atoms with van der Waals surface area (Å²) in [6.45, 7) is 1.98. The van der Waals surface area contributed by atoms with Crippen LogP contribution in [0.3, 0.4) is 0 Å². The Hall–Kier alpha value is -2.89. The molecule has 0 fully saturated rings. The molecule has 1 heterocycles. The highest BCUT2D eigenvalue weighted by Crippen LogP contribution is 2.24. The van der Waals surface area contributed by atoms with E-state index in [0.29, 0.717) is 17.1 Å². The zero-order valence-corrected chi connectivity index (χ0v) is 14.0. The normalized spacial score (nSPS) is 10.1. The second-order valence-corrected chi connectivity index (χ2v) is 5.09. The molecular weight excluding hydrogens is 308 g/mol. The van der Waals surface area contributed by atoms with Crippen molar-refractivity contribution in [3.63, 3.8) is 0 Å². The van der Waals surface area contributed by atoms with E-state index in [1.54, 1.807) is 31.0 Å². The number of pyridine rings is 1. The van der Waals surface area contributed by atoms with Crippen molar-refractivity contribution in [2.75, 3.05) is 32.2 Å². The van der Waals surface area contributed by atoms with Gasteiger partial charge in [0.15, 0.2) is 0 Å². The number of carbonyl (C=O) groups is 2. The number of likely N-dealkylation sites (N-methyl/N-ethyl adjacent to an activating group) is 1. The smallest absolute Gasteiger partial charge is 0.341 e. The lowest BCUT2D eigenvalue weighted by Crippen LogP contribution is -2.29. The van der Waals surface area contributed by atoms with Crippen LogP contribution < -0.4 is 4.90 Å². The SMILES string of the molecule is CCOC(=O)c1ccc(-c2ccccc2)nc1N(C)CC(=O)OC. The van der Waals surface area contributed by atoms with Crippen LogP contribution >= 0.6 is 0 Å². The molecular formula is C18H20N2O4. The van der Waals surface area contributed by atoms with Gasteiger partial charge in [0, 0.05) is 12.6 Å². The Kier molecular flexibility index (Phi) is 5.89. The number of hydrogen-bond donors (Lipinski definition) is 0. The maximum Gasteiger partial charge on any atom is 0.341 e. The summed E-state index contributed by atoms with van der Waals surface area (Å²) in [6.07, 6.45) is 0. The van der Waals surface area contributed by atoms with Crippen molar-refractivity contribution in [1.29, 1.82) is 0 Å². The molecule has 0 bridgehead atoms. The van der Waals surface area contributed by atoms with E-state index < -0.39 is 11.9 Å². The van der Waals surface area contributed by atoms with Gasteiger partial charge in [-0.3, -0.25) is 4.79 Å². The summed E-state index contributed by atoms with van der Waals surface area (Å²) in [5, 5.41) is 0. The van der Waals surface area contributed by atoms with Crippen molar-refractivity contribution in [2.24, 2.45) is 0 Å². The van der Waals surface area contributed by atoms with E-state index in [-0.39, 0.29) is 13.2 Å². The summed E-state index contributed by atoms with van der Waals surface area (Å²) >= 11 is 0. The highest BCUT2D eigenvalue weighted by atomic mass is 16.5. The zero-order chi connectivity index (χ0) is 17.5. The van der Waals surface area contributed by atoms with E-state index in [9.17, 15) is 9.59 Å². The van der Waals surface area contributed by atoms with E-state index in [2.05, 4.69) is 9.72 Å². The van der Waals surface area contributed by atoms with E-state index in [4.69, 9.17) is 4.74 Å². The second kappa shape index (κ2) is 8.10. The highest BCUT2D eigenvalue weighted by molar-refractivity contribution is 5.96. The van der Waals surface area contributed by atoms with Gasteiger partial charge in [-0.15, -0.1) is 0 Å². The number of ether oxygens (including phenoxy) is 2. The number of hydrogen-bond acceptors (Lipinski definition) is 6. The Morgan fingerprint density at radius 3 is 2.46 bits per heavy atom. The summed E-state index contributed by atoms with van der Waals surface area (Å²) in [5.41, 5.74) is 1.93. The number of methoxy groups -OCH3 is 1. The monoisotopic (exact) mass is 328 g/mol. The first kappa shape index (κ1) is 17.5. The van der Waals surface area contributed by atoms with Crippen molar-refractivity contribution in [3.8, 4) is 11.3 Å². The van der Waals surface area contributed by atoms with Crippen molar-refractivity contribution in [1.82, 2.24) is 4.98 Å². The second-order valence-electron chi connectivity index (χ2n) is 5.09. The molecule has 0 saturated carbocycles. The fourth-order valence-corrected chi connectivity index (χ4v) is 2.21. The fourth-order valence-electron chi connectivity index (χ4n) is 2.21. The molecule has 0 radical (unpaired) electrons. The van der Waals surface area contributed by atoms with Crippen LogP contribution in [0.1, 0.15) is 17.3 Å². The van der Waals surface area contributed by atoms with Gasteiger partial charge < -0.3 is 14.4 Å². The van der Waals surface area contributed by atoms with E-state index >= 15 is 0 Å². The van der Waals surface area contributed by atoms with Crippen molar-refractivity contribution >= 4 is 17.8 Å². The first-order valence-corrected chi connectivity index (χ1v) is 7.58. The molecule has 6 heteroatoms. The topological polar surface area (TPSA) is 68.7 Å². The predicted molar refractivity (Wildman–Crippen MR) is 90.9 cm³/mol. The molecule has 2 rings (SSSR count). The molecule has 0 unspecified atom stereocenters. The molecule has 1 aromatic heterocycles. The Labute approximate surface area is 141 Å². The van der Waals surface area contributed by atoms with Gasteiger partial charge >= 0.3 is 11.9 Å². The Balaban J connectivity index is 2.44. The van der Waals surface area contributed by atoms with Gasteiger partial charge in [-0.25, -0.2) is 9.78 Å². The number of nitrogens with zero attached hydrogens (tertiary/aromatic N) is 2. The lowest BCUT2D eigenvalue weighted by atomic mass is 10.1. The molecule has 0 saturated heterocycles. The minimum Gasteiger partial charge on any atom is -0.468 e. The van der Waals surface area contributed by atoms with Crippen LogP contribution in [0.15, 0.2) is 42.5 Å². The van der Waals surface area contributed by atoms with Crippen LogP contribution in [0.4, 0.5) is 5.82 Å². The number of aromatic nitrogens is 1. The van der Waals surface area contributed by atoms with Gasteiger partial charge in [-0.1, -0.05) is 30.3 Å². The Morgan fingerprint density at radius 2 is 1.83 bits per heavy atom. The molecule has 0 atom stereocenters. The van der Waals surface area contributed by atoms with Gasteiger partial charge in [-0.05, 0) is 19.1 Å². The number of benzene rings is 1. The number of rotatable bonds is 6. The molecule has 0 aliphatic heterocycles. The molecule has 2 aromatic rings. The molecule has 1 aromatic carbocycles. The summed E-state index contributed by atoms with van der Waals surface area (Å²) in [6, 6.07) is 13.0. The summed E-state index contributed by atoms with van der Waals surface area (Å²) in [5.74, 6) is -0.518. The molecule has 6 nitrogen and oxygen atoms in total. The van der Waals surface area contributed by atoms with Crippen LogP contribution in [-0.4, -0.2) is 44.2 Å². The Bertz CT molecular complexity index is 716. The van der Waals surface area contributed by atoms with Gasteiger partial charge in [-0.2, -0.15) is 0 Å². The first-order valence-electron chi connectivity index (χ1n) is 7.58. The highest BCUT2D eigenvalue weighted by Gasteiger charge is 2.20. The quantitative estimate of drug-likeness (QED) is 0.759. The van der Waals surface area contributed by atoms with Gasteiger partial charge in [0.25, 0.3) is 0 Å². The third kappa shape index (κ3) is 4.10. The van der Waals surface area contributed by atoms with Crippen molar-refractivity contribution in [3.05, 3.63) is 48.0 Å². The average molecular weight is 328 g/mol. The summed E-state index contributed by atoms with van der Waals surface area (Å²) in [4.78, 5) is 29.8. The van der Waals surface area contributed by atoms with Gasteiger partial charge in [0.05, 0.1) is 19.4 Å². The maximum atomic E-state index is 12.2. The third-order valence-electron chi connectivity index (χ3n) is 3.40. The summed E-state index contributed by atoms with van der Waals surface area (Å²) in [7, 11) is 2.99. The molecule has 0 aliphatic rings. The lowest BCUT2D eigenvalue weighted by Gasteiger charge is -2.20. The third-order valence-corrected chi connectivity index (χ3v) is 3.40. The van der Waals surface area contributed by atoms with E-state index in [1.165, 1.54) is 7.11 Å². The first-order chi connectivity index (χ1) is 11.6. The van der Waals surface area contributed by atoms with Crippen LogP contribution in [0.2, 0.25) is 0 Å². The maximum absolute atomic E-state index is 12.2. The summed E-state index contributed by atoms with van der Waals surface area (Å²) < 4.78 is 9.75. The Morgan fingerprint density at radius 1 is 1.12 bits per heavy atom. The minimum absolute atomic E-state index is 0.0197. The average Bonchev–Trinajstić information content (AvgIpc) is 2.62. The predicted octanol–water partition coefficient (Wildman–Crippen LogP) is 2.53. The van der Waals surface area contributed by atoms with Crippen LogP contribution in [0.25, 0.3) is 11.3 Å². The van der Waals surface area contributed by atoms with Crippen LogP contribution in [-0.2, 0) is 14.3 Å². The van der Waals surface area contributed by atoms with E-state index in [1.807, 2.05) is 30.3 Å². The lowest BCUT2D eigenvalue weighted by molar-refractivity contribution is -0.138. The van der Waals surface area contributed by atoms with Crippen LogP contribution in [0.5, 0.6) is 0 Å². The molecule has 0 amide bonds. The van der Waals surface area contributed by atoms with Crippen LogP contribution in [0, 0.1) is 0 Å². The standard InChI is InChI=1S/C18H20N2O4/c1-4-24-18(22)14-10-11-15(13-8-6-5-7-9-13)19-17(14)20(2)12-16(21)23-3/h5-11H,4,12H2,1-3H3. The van der Waals surface area contributed by atoms with Crippen molar-refractivity contribution in [2.45, 2.75) is 6.92 Å². The molecule has 0 N–H and O–H groups in total. The molecule has 0 spiro atoms. The number of anilines is 1. The molecule has 0 aliphatic carbocycles. The van der Waals surface area contributed by atoms with E-state index in [0.717, 1.165) is 5.56 Å². The zero-order valence-electron chi connectivity index (χ0n) is 14.0. The van der Waals surface area contributed by atoms with Gasteiger partial charge in [0.2, 0.25) is 0 Å². The molecule has 126 valence electrons. The molecule has 24 heavy (non-hydrogen) atoms. The largest absolute Gasteiger partial charge is 0.468 e. The number of carbonyl (C=O) groups excluding carboxylic acids is 2. The fraction of sp³-hybridized carbons (Fsp3) is 0.278. The van der Waals surface area contributed by atoms with Gasteiger partial charge in [0.1, 0.15) is 17.9 Å². The minimum atomic E-state index is -0.476.